The van der Waals surface area contributed by atoms with E-state index in [1.165, 1.54) is 16.2 Å². The molecular formula is C36H51N5O7. The molecule has 2 aliphatic heterocycles. The first-order valence-electron chi connectivity index (χ1n) is 17.6. The summed E-state index contributed by atoms with van der Waals surface area (Å²) >= 11 is 0. The number of anilines is 1. The van der Waals surface area contributed by atoms with Gasteiger partial charge in [0.05, 0.1) is 19.1 Å². The number of Topliss-reactive ketones (excluding diaryl/α,β-unsaturated/α-hetero) is 1. The number of rotatable bonds is 12. The van der Waals surface area contributed by atoms with Crippen LogP contribution in [0.1, 0.15) is 98.3 Å². The lowest BCUT2D eigenvalue weighted by Gasteiger charge is -2.36. The number of hydrogen-bond donors (Lipinski definition) is 3. The molecule has 2 saturated carbocycles. The second-order valence-corrected chi connectivity index (χ2v) is 15.2. The number of amides is 5. The first-order valence-corrected chi connectivity index (χ1v) is 17.6. The van der Waals surface area contributed by atoms with Crippen LogP contribution in [0.15, 0.2) is 30.3 Å². The second kappa shape index (κ2) is 14.7. The van der Waals surface area contributed by atoms with Crippen LogP contribution in [0.2, 0.25) is 0 Å². The summed E-state index contributed by atoms with van der Waals surface area (Å²) < 4.78 is 5.97. The number of carbonyl (C=O) groups is 6. The second-order valence-electron chi connectivity index (χ2n) is 15.2. The summed E-state index contributed by atoms with van der Waals surface area (Å²) in [6, 6.07) is 5.86. The molecule has 0 bridgehead atoms. The van der Waals surface area contributed by atoms with Gasteiger partial charge in [-0.3, -0.25) is 28.9 Å². The monoisotopic (exact) mass is 665 g/mol. The van der Waals surface area contributed by atoms with Gasteiger partial charge in [-0.15, -0.1) is 0 Å². The molecule has 2 aliphatic carbocycles. The molecule has 48 heavy (non-hydrogen) atoms. The minimum Gasteiger partial charge on any atom is -0.439 e. The van der Waals surface area contributed by atoms with E-state index in [2.05, 4.69) is 16.0 Å². The minimum atomic E-state index is -1.20. The van der Waals surface area contributed by atoms with Crippen LogP contribution in [-0.2, 0) is 28.7 Å². The third kappa shape index (κ3) is 8.36. The number of carbonyl (C=O) groups excluding carboxylic acids is 6. The maximum Gasteiger partial charge on any atom is 0.415 e. The first kappa shape index (κ1) is 35.3. The van der Waals surface area contributed by atoms with Crippen molar-refractivity contribution in [3.63, 3.8) is 0 Å². The normalized spacial score (nSPS) is 24.2. The maximum atomic E-state index is 14.5. The van der Waals surface area contributed by atoms with Crippen molar-refractivity contribution in [3.8, 4) is 0 Å². The number of hydrogen-bond acceptors (Lipinski definition) is 7. The fourth-order valence-electron chi connectivity index (χ4n) is 7.19. The predicted octanol–water partition coefficient (Wildman–Crippen LogP) is 3.62. The quantitative estimate of drug-likeness (QED) is 0.288. The van der Waals surface area contributed by atoms with E-state index in [0.717, 1.165) is 38.5 Å². The fourth-order valence-corrected chi connectivity index (χ4v) is 7.19. The summed E-state index contributed by atoms with van der Waals surface area (Å²) in [5, 5.41) is 8.46. The van der Waals surface area contributed by atoms with Gasteiger partial charge in [-0.25, -0.2) is 4.79 Å². The molecule has 2 saturated heterocycles. The number of nitrogens with one attached hydrogen (secondary N) is 3. The van der Waals surface area contributed by atoms with Gasteiger partial charge in [-0.2, -0.15) is 0 Å². The van der Waals surface area contributed by atoms with Gasteiger partial charge in [0.25, 0.3) is 5.91 Å². The van der Waals surface area contributed by atoms with Gasteiger partial charge < -0.3 is 25.6 Å². The largest absolute Gasteiger partial charge is 0.439 e. The van der Waals surface area contributed by atoms with Gasteiger partial charge in [0.1, 0.15) is 12.1 Å². The highest BCUT2D eigenvalue weighted by molar-refractivity contribution is 6.38. The molecule has 0 radical (unpaired) electrons. The summed E-state index contributed by atoms with van der Waals surface area (Å²) in [4.78, 5) is 83.8. The summed E-state index contributed by atoms with van der Waals surface area (Å²) in [5.74, 6) is -2.47. The molecule has 5 amide bonds. The van der Waals surface area contributed by atoms with E-state index in [1.807, 2.05) is 45.9 Å². The van der Waals surface area contributed by atoms with Gasteiger partial charge in [0.2, 0.25) is 23.5 Å². The van der Waals surface area contributed by atoms with E-state index in [1.54, 1.807) is 12.1 Å². The van der Waals surface area contributed by atoms with Crippen LogP contribution in [0, 0.1) is 11.3 Å². The molecule has 1 aromatic rings. The van der Waals surface area contributed by atoms with Crippen molar-refractivity contribution in [3.05, 3.63) is 30.3 Å². The number of ketones is 1. The van der Waals surface area contributed by atoms with E-state index < -0.39 is 58.7 Å². The zero-order chi connectivity index (χ0) is 34.6. The molecular weight excluding hydrogens is 614 g/mol. The average molecular weight is 666 g/mol. The van der Waals surface area contributed by atoms with Crippen molar-refractivity contribution in [2.75, 3.05) is 18.0 Å². The van der Waals surface area contributed by atoms with Gasteiger partial charge in [-0.05, 0) is 55.6 Å². The molecule has 1 spiro atoms. The SMILES string of the molecule is CCCC(NC(=O)[C@@H]1C[C@@]2(CN(c3ccccc3)C(=O)O2)CN1C(=O)C(NC(=O)CC1CCCCC1)C(C)(C)C)C(=O)C(=O)NC1CC1. The molecule has 3 N–H and O–H groups in total. The van der Waals surface area contributed by atoms with Crippen molar-refractivity contribution < 1.29 is 33.5 Å². The van der Waals surface area contributed by atoms with Crippen LogP contribution in [0.3, 0.4) is 0 Å². The molecule has 1 aromatic carbocycles. The molecule has 4 atom stereocenters. The first-order chi connectivity index (χ1) is 22.8. The minimum absolute atomic E-state index is 0.00611. The zero-order valence-electron chi connectivity index (χ0n) is 28.7. The molecule has 2 heterocycles. The van der Waals surface area contributed by atoms with E-state index in [9.17, 15) is 28.8 Å². The van der Waals surface area contributed by atoms with Gasteiger partial charge in [-0.1, -0.05) is 71.6 Å². The lowest BCUT2D eigenvalue weighted by molar-refractivity contribution is -0.145. The molecule has 12 nitrogen and oxygen atoms in total. The molecule has 4 fully saturated rings. The topological polar surface area (TPSA) is 154 Å². The fraction of sp³-hybridized carbons (Fsp3) is 0.667. The highest BCUT2D eigenvalue weighted by Gasteiger charge is 2.58. The van der Waals surface area contributed by atoms with Crippen LogP contribution in [0.25, 0.3) is 0 Å². The van der Waals surface area contributed by atoms with Crippen molar-refractivity contribution in [2.45, 2.75) is 128 Å². The third-order valence-electron chi connectivity index (χ3n) is 9.99. The van der Waals surface area contributed by atoms with Crippen LogP contribution < -0.4 is 20.9 Å². The molecule has 2 unspecified atom stereocenters. The van der Waals surface area contributed by atoms with Crippen molar-refractivity contribution >= 4 is 41.2 Å². The summed E-state index contributed by atoms with van der Waals surface area (Å²) in [7, 11) is 0. The Kier molecular flexibility index (Phi) is 10.8. The lowest BCUT2D eigenvalue weighted by Crippen LogP contribution is -2.59. The van der Waals surface area contributed by atoms with E-state index in [4.69, 9.17) is 4.74 Å². The van der Waals surface area contributed by atoms with Gasteiger partial charge >= 0.3 is 6.09 Å². The summed E-state index contributed by atoms with van der Waals surface area (Å²) in [6.45, 7) is 7.47. The lowest BCUT2D eigenvalue weighted by atomic mass is 9.84. The van der Waals surface area contributed by atoms with Crippen molar-refractivity contribution in [1.82, 2.24) is 20.9 Å². The van der Waals surface area contributed by atoms with E-state index in [0.29, 0.717) is 18.5 Å². The number of para-hydroxylation sites is 1. The molecule has 4 aliphatic rings. The van der Waals surface area contributed by atoms with Crippen LogP contribution in [0.5, 0.6) is 0 Å². The molecule has 5 rings (SSSR count). The third-order valence-corrected chi connectivity index (χ3v) is 9.99. The molecule has 12 heteroatoms. The zero-order valence-corrected chi connectivity index (χ0v) is 28.7. The summed E-state index contributed by atoms with van der Waals surface area (Å²) in [6.07, 6.45) is 7.48. The number of likely N-dealkylation sites (tertiary alicyclic amines) is 1. The smallest absolute Gasteiger partial charge is 0.415 e. The Bertz CT molecular complexity index is 1380. The Hall–Kier alpha value is -3.96. The van der Waals surface area contributed by atoms with E-state index >= 15 is 0 Å². The Morgan fingerprint density at radius 1 is 0.958 bits per heavy atom. The number of nitrogens with zero attached hydrogens (tertiary/aromatic N) is 2. The van der Waals surface area contributed by atoms with Crippen LogP contribution >= 0.6 is 0 Å². The maximum absolute atomic E-state index is 14.5. The van der Waals surface area contributed by atoms with Crippen LogP contribution in [-0.4, -0.2) is 83.3 Å². The van der Waals surface area contributed by atoms with Crippen molar-refractivity contribution in [2.24, 2.45) is 11.3 Å². The molecule has 262 valence electrons. The Morgan fingerprint density at radius 2 is 1.65 bits per heavy atom. The van der Waals surface area contributed by atoms with Crippen LogP contribution in [0.4, 0.5) is 10.5 Å². The highest BCUT2D eigenvalue weighted by Crippen LogP contribution is 2.39. The average Bonchev–Trinajstić information content (AvgIpc) is 3.70. The molecule has 0 aromatic heterocycles. The standard InChI is InChI=1S/C36H51N5O7/c1-5-12-26(29(43)32(45)37-24-17-18-24)38-31(44)27-20-36(21-40(34(47)48-36)25-15-10-7-11-16-25)22-41(27)33(46)30(35(2,3)4)39-28(42)19-23-13-8-6-9-14-23/h7,10-11,15-16,23-24,26-27,30H,5-6,8-9,12-14,17-22H2,1-4H3,(H,37,45)(H,38,44)(H,39,42)/t26?,27-,30?,36+/m0/s1. The van der Waals surface area contributed by atoms with Gasteiger partial charge in [0, 0.05) is 24.6 Å². The number of ether oxygens (including phenoxy) is 1. The summed E-state index contributed by atoms with van der Waals surface area (Å²) in [5.41, 5.74) is -1.28. The Labute approximate surface area is 283 Å². The Morgan fingerprint density at radius 3 is 2.27 bits per heavy atom. The Balaban J connectivity index is 1.40. The van der Waals surface area contributed by atoms with Gasteiger partial charge in [0.15, 0.2) is 5.60 Å². The number of benzene rings is 1. The predicted molar refractivity (Wildman–Crippen MR) is 179 cm³/mol. The van der Waals surface area contributed by atoms with E-state index in [-0.39, 0.29) is 43.8 Å². The highest BCUT2D eigenvalue weighted by atomic mass is 16.6. The van der Waals surface area contributed by atoms with Crippen molar-refractivity contribution in [1.29, 1.82) is 0 Å².